The number of likely N-dealkylation sites (tertiary alicyclic amines) is 1. The summed E-state index contributed by atoms with van der Waals surface area (Å²) < 4.78 is 37.0. The lowest BCUT2D eigenvalue weighted by Crippen LogP contribution is -2.61. The molecular weight excluding hydrogens is 1030 g/mol. The van der Waals surface area contributed by atoms with Crippen molar-refractivity contribution >= 4 is 82.7 Å². The number of alkyl halides is 3. The highest BCUT2D eigenvalue weighted by Gasteiger charge is 2.41. The van der Waals surface area contributed by atoms with Gasteiger partial charge in [-0.1, -0.05) is 46.2 Å². The van der Waals surface area contributed by atoms with Crippen molar-refractivity contribution in [3.63, 3.8) is 0 Å². The molecule has 2 aliphatic rings. The standard InChI is InChI=1S/C45H69N11O12S.C2HF3O2/c1-6-25(4)38-44(66)51-28(15-16-34(46)57)40(62)52-31(21-35(47)58)41(63)54-32(23-69-18-8-10-37(60)50-30(42(64)55-38)20-26-11-13-27(68-5)14-12-26)45(67)56-17-7-9-33(56)43(65)53-29(19-24(2)3)39(61)49-22-36(48)59;3-2(4,5)1(6)7/h11-14,24-25,28-33,38H,6-10,15-23H2,1-5H3,(H2,46,57)(H2,47,58)(H2,48,59)(H,49,61)(H,50,60)(H,51,66)(H,52,62)(H,53,65)(H,54,63)(H,55,64);(H,6,7)/t25-,28-,29?,30-,31+,32-,33-,38-;/m0./s1. The number of nitrogens with two attached hydrogens (primary N) is 3. The van der Waals surface area contributed by atoms with Crippen molar-refractivity contribution in [1.82, 2.24) is 42.1 Å². The van der Waals surface area contributed by atoms with Crippen molar-refractivity contribution in [1.29, 1.82) is 0 Å². The second kappa shape index (κ2) is 31.6. The Hall–Kier alpha value is -7.20. The number of carboxylic acids is 1. The number of methoxy groups -OCH3 is 1. The fraction of sp³-hybridized carbons (Fsp3) is 0.617. The number of nitrogens with zero attached hydrogens (tertiary/aromatic N) is 1. The smallest absolute Gasteiger partial charge is 0.490 e. The van der Waals surface area contributed by atoms with E-state index in [1.165, 1.54) is 23.8 Å². The maximum atomic E-state index is 14.5. The van der Waals surface area contributed by atoms with Gasteiger partial charge in [-0.3, -0.25) is 52.7 Å². The molecule has 0 saturated carbocycles. The number of amides is 11. The Balaban J connectivity index is 0.00000263. The first-order valence-electron chi connectivity index (χ1n) is 24.3. The summed E-state index contributed by atoms with van der Waals surface area (Å²) in [7, 11) is 1.50. The number of aliphatic carboxylic acids is 1. The minimum Gasteiger partial charge on any atom is -0.497 e. The van der Waals surface area contributed by atoms with Crippen LogP contribution in [0.3, 0.4) is 0 Å². The minimum atomic E-state index is -5.08. The van der Waals surface area contributed by atoms with Gasteiger partial charge >= 0.3 is 12.1 Å². The number of benzene rings is 1. The first-order chi connectivity index (χ1) is 35.6. The Labute approximate surface area is 440 Å². The third-order valence-electron chi connectivity index (χ3n) is 11.8. The van der Waals surface area contributed by atoms with E-state index in [4.69, 9.17) is 31.8 Å². The topological polar surface area (TPSA) is 400 Å². The van der Waals surface area contributed by atoms with E-state index in [1.807, 2.05) is 13.8 Å². The van der Waals surface area contributed by atoms with Gasteiger partial charge in [0.1, 0.15) is 48.0 Å². The molecular formula is C47H70F3N11O14S. The molecule has 0 spiro atoms. The predicted octanol–water partition coefficient (Wildman–Crippen LogP) is -1.87. The molecule has 25 nitrogen and oxygen atoms in total. The Bertz CT molecular complexity index is 2240. The molecule has 3 rings (SSSR count). The monoisotopic (exact) mass is 1100 g/mol. The van der Waals surface area contributed by atoms with E-state index in [0.717, 1.165) is 0 Å². The maximum absolute atomic E-state index is 14.5. The first kappa shape index (κ1) is 64.9. The number of thioether (sulfide) groups is 1. The van der Waals surface area contributed by atoms with Gasteiger partial charge in [0.2, 0.25) is 65.0 Å². The molecule has 0 radical (unpaired) electrons. The Kier molecular flexibility index (Phi) is 27.0. The molecule has 11 amide bonds. The zero-order chi connectivity index (χ0) is 57.4. The Morgan fingerprint density at radius 2 is 1.43 bits per heavy atom. The molecule has 0 aromatic heterocycles. The molecule has 29 heteroatoms. The van der Waals surface area contributed by atoms with Gasteiger partial charge in [0, 0.05) is 31.6 Å². The highest BCUT2D eigenvalue weighted by molar-refractivity contribution is 7.99. The van der Waals surface area contributed by atoms with Gasteiger partial charge in [0.25, 0.3) is 0 Å². The number of halogens is 3. The number of carbonyl (C=O) groups is 12. The zero-order valence-electron chi connectivity index (χ0n) is 42.9. The van der Waals surface area contributed by atoms with Gasteiger partial charge in [-0.2, -0.15) is 24.9 Å². The highest BCUT2D eigenvalue weighted by Crippen LogP contribution is 2.22. The summed E-state index contributed by atoms with van der Waals surface area (Å²) in [6.45, 7) is 6.75. The van der Waals surface area contributed by atoms with Crippen molar-refractivity contribution in [3.8, 4) is 5.75 Å². The SMILES string of the molecule is CC[C@H](C)[C@@H]1NC(=O)[C@H](Cc2ccc(OC)cc2)NC(=O)CCCSC[C@@H](C(=O)N2CCC[C@H]2C(=O)NC(CC(C)C)C(=O)NCC(N)=O)NC(=O)[C@@H](CC(N)=O)NC(=O)[C@H](CCC(N)=O)NC1=O.O=C(O)C(F)(F)F. The molecule has 424 valence electrons. The summed E-state index contributed by atoms with van der Waals surface area (Å²) in [5.41, 5.74) is 16.8. The van der Waals surface area contributed by atoms with E-state index in [0.29, 0.717) is 24.2 Å². The van der Waals surface area contributed by atoms with E-state index in [9.17, 15) is 65.9 Å². The van der Waals surface area contributed by atoms with Crippen LogP contribution in [0.25, 0.3) is 0 Å². The normalized spacial score (nSPS) is 22.1. The third-order valence-corrected chi connectivity index (χ3v) is 13.0. The first-order valence-corrected chi connectivity index (χ1v) is 25.5. The summed E-state index contributed by atoms with van der Waals surface area (Å²) in [5.74, 6) is -11.4. The molecule has 0 bridgehead atoms. The number of nitrogens with one attached hydrogen (secondary N) is 7. The van der Waals surface area contributed by atoms with Crippen LogP contribution in [0.2, 0.25) is 0 Å². The number of ether oxygens (including phenoxy) is 1. The Morgan fingerprint density at radius 1 is 0.829 bits per heavy atom. The molecule has 8 atom stereocenters. The van der Waals surface area contributed by atoms with E-state index >= 15 is 0 Å². The number of hydrogen-bond acceptors (Lipinski definition) is 14. The number of hydrogen-bond donors (Lipinski definition) is 11. The van der Waals surface area contributed by atoms with Crippen LogP contribution in [-0.4, -0.2) is 161 Å². The highest BCUT2D eigenvalue weighted by atomic mass is 32.2. The van der Waals surface area contributed by atoms with Gasteiger partial charge in [0.15, 0.2) is 0 Å². The second-order valence-corrected chi connectivity index (χ2v) is 19.6. The van der Waals surface area contributed by atoms with Gasteiger partial charge in [-0.25, -0.2) is 4.79 Å². The lowest BCUT2D eigenvalue weighted by molar-refractivity contribution is -0.192. The molecule has 1 unspecified atom stereocenters. The predicted molar refractivity (Wildman–Crippen MR) is 267 cm³/mol. The zero-order valence-corrected chi connectivity index (χ0v) is 43.7. The van der Waals surface area contributed by atoms with Crippen LogP contribution >= 0.6 is 11.8 Å². The van der Waals surface area contributed by atoms with Crippen molar-refractivity contribution in [2.24, 2.45) is 29.0 Å². The van der Waals surface area contributed by atoms with E-state index < -0.39 is 145 Å². The summed E-state index contributed by atoms with van der Waals surface area (Å²) in [4.78, 5) is 157. The van der Waals surface area contributed by atoms with Crippen LogP contribution in [0.5, 0.6) is 5.75 Å². The van der Waals surface area contributed by atoms with Gasteiger partial charge < -0.3 is 69.2 Å². The average Bonchev–Trinajstić information content (AvgIpc) is 3.84. The largest absolute Gasteiger partial charge is 0.497 e. The molecule has 0 aliphatic carbocycles. The molecule has 76 heavy (non-hydrogen) atoms. The van der Waals surface area contributed by atoms with Crippen LogP contribution in [0.4, 0.5) is 13.2 Å². The summed E-state index contributed by atoms with van der Waals surface area (Å²) in [6, 6.07) is -2.40. The number of primary amides is 3. The number of rotatable bonds is 18. The lowest BCUT2D eigenvalue weighted by Gasteiger charge is -2.31. The van der Waals surface area contributed by atoms with Gasteiger partial charge in [0.05, 0.1) is 20.1 Å². The van der Waals surface area contributed by atoms with Gasteiger partial charge in [-0.05, 0) is 67.4 Å². The summed E-state index contributed by atoms with van der Waals surface area (Å²) in [5, 5.41) is 25.3. The number of carboxylic acid groups (broad SMARTS) is 1. The second-order valence-electron chi connectivity index (χ2n) is 18.4. The van der Waals surface area contributed by atoms with Crippen LogP contribution in [0, 0.1) is 11.8 Å². The van der Waals surface area contributed by atoms with Crippen LogP contribution in [-0.2, 0) is 64.0 Å². The van der Waals surface area contributed by atoms with Crippen LogP contribution in [0.1, 0.15) is 91.0 Å². The van der Waals surface area contributed by atoms with Crippen LogP contribution < -0.4 is 59.2 Å². The Morgan fingerprint density at radius 3 is 1.99 bits per heavy atom. The average molecular weight is 1100 g/mol. The summed E-state index contributed by atoms with van der Waals surface area (Å²) in [6.07, 6.45) is -5.26. The van der Waals surface area contributed by atoms with E-state index in [-0.39, 0.29) is 62.5 Å². The van der Waals surface area contributed by atoms with Gasteiger partial charge in [-0.15, -0.1) is 0 Å². The van der Waals surface area contributed by atoms with Crippen molar-refractivity contribution < 1.29 is 80.5 Å². The molecule has 14 N–H and O–H groups in total. The van der Waals surface area contributed by atoms with Crippen molar-refractivity contribution in [2.45, 2.75) is 140 Å². The maximum Gasteiger partial charge on any atom is 0.490 e. The molecule has 2 fully saturated rings. The van der Waals surface area contributed by atoms with E-state index in [1.54, 1.807) is 38.1 Å². The molecule has 2 aliphatic heterocycles. The molecule has 2 heterocycles. The molecule has 1 aromatic carbocycles. The number of carbonyl (C=O) groups excluding carboxylic acids is 11. The quantitative estimate of drug-likeness (QED) is 0.0768. The lowest BCUT2D eigenvalue weighted by atomic mass is 9.96. The fourth-order valence-electron chi connectivity index (χ4n) is 7.68. The van der Waals surface area contributed by atoms with Crippen molar-refractivity contribution in [2.75, 3.05) is 31.7 Å². The molecule has 2 saturated heterocycles. The fourth-order valence-corrected chi connectivity index (χ4v) is 8.66. The van der Waals surface area contributed by atoms with E-state index in [2.05, 4.69) is 37.2 Å². The minimum absolute atomic E-state index is 0.0237. The summed E-state index contributed by atoms with van der Waals surface area (Å²) >= 11 is 1.18. The third kappa shape index (κ3) is 22.7. The van der Waals surface area contributed by atoms with Crippen LogP contribution in [0.15, 0.2) is 24.3 Å². The molecule has 1 aromatic rings. The van der Waals surface area contributed by atoms with Crippen molar-refractivity contribution in [3.05, 3.63) is 29.8 Å².